The fourth-order valence-electron chi connectivity index (χ4n) is 1.05. The monoisotopic (exact) mass is 247 g/mol. The molecular weight excluding hydrogens is 222 g/mol. The van der Waals surface area contributed by atoms with E-state index in [1.807, 2.05) is 20.8 Å². The summed E-state index contributed by atoms with van der Waals surface area (Å²) in [7, 11) is 1.09. The highest BCUT2D eigenvalue weighted by molar-refractivity contribution is 7.82. The van der Waals surface area contributed by atoms with Crippen LogP contribution in [0.2, 0.25) is 0 Å². The Morgan fingerprint density at radius 2 is 1.88 bits per heavy atom. The largest absolute Gasteiger partial charge is 0.309 e. The van der Waals surface area contributed by atoms with Crippen LogP contribution in [0.4, 0.5) is 0 Å². The summed E-state index contributed by atoms with van der Waals surface area (Å²) in [6.45, 7) is 7.83. The maximum absolute atomic E-state index is 11.7. The predicted octanol–water partition coefficient (Wildman–Crippen LogP) is 3.50. The first-order valence-corrected chi connectivity index (χ1v) is 7.21. The Labute approximate surface area is 102 Å². The number of nitrogens with zero attached hydrogens (tertiary/aromatic N) is 1. The summed E-state index contributed by atoms with van der Waals surface area (Å²) in [6, 6.07) is 0. The van der Waals surface area contributed by atoms with Crippen molar-refractivity contribution >= 4 is 16.9 Å². The molecule has 1 atom stereocenters. The number of unbranched alkanes of at least 4 members (excludes halogenated alkanes) is 3. The van der Waals surface area contributed by atoms with E-state index in [0.29, 0.717) is 0 Å². The van der Waals surface area contributed by atoms with E-state index >= 15 is 0 Å². The summed E-state index contributed by atoms with van der Waals surface area (Å²) in [6.07, 6.45) is 4.75. The highest BCUT2D eigenvalue weighted by atomic mass is 32.2. The van der Waals surface area contributed by atoms with Crippen LogP contribution in [-0.4, -0.2) is 18.8 Å². The van der Waals surface area contributed by atoms with Gasteiger partial charge in [-0.3, -0.25) is 4.79 Å². The average Bonchev–Trinajstić information content (AvgIpc) is 2.20. The molecule has 0 fully saturated rings. The van der Waals surface area contributed by atoms with Gasteiger partial charge in [0.1, 0.15) is 0 Å². The lowest BCUT2D eigenvalue weighted by molar-refractivity contribution is -0.124. The van der Waals surface area contributed by atoms with E-state index in [2.05, 4.69) is 11.3 Å². The molecule has 0 aliphatic rings. The maximum atomic E-state index is 11.7. The van der Waals surface area contributed by atoms with Crippen LogP contribution in [0.25, 0.3) is 0 Å². The van der Waals surface area contributed by atoms with Gasteiger partial charge in [-0.15, -0.1) is 0 Å². The minimum absolute atomic E-state index is 0.0619. The maximum Gasteiger partial charge on any atom is 0.258 e. The van der Waals surface area contributed by atoms with Gasteiger partial charge in [0, 0.05) is 22.1 Å². The quantitative estimate of drug-likeness (QED) is 0.674. The van der Waals surface area contributed by atoms with Gasteiger partial charge in [0.15, 0.2) is 0 Å². The third kappa shape index (κ3) is 7.12. The lowest BCUT2D eigenvalue weighted by Crippen LogP contribution is -2.19. The van der Waals surface area contributed by atoms with E-state index in [9.17, 15) is 4.79 Å². The smallest absolute Gasteiger partial charge is 0.258 e. The van der Waals surface area contributed by atoms with Gasteiger partial charge in [-0.2, -0.15) is 4.36 Å². The van der Waals surface area contributed by atoms with Gasteiger partial charge >= 0.3 is 0 Å². The highest BCUT2D eigenvalue weighted by Crippen LogP contribution is 2.16. The normalized spacial score (nSPS) is 14.1. The second-order valence-electron chi connectivity index (χ2n) is 4.90. The number of rotatable bonds is 6. The summed E-state index contributed by atoms with van der Waals surface area (Å²) in [5, 5.41) is 0. The Balaban J connectivity index is 4.17. The molecule has 3 nitrogen and oxygen atoms in total. The SMILES string of the molecule is CCCCCCS(=NC(=O)C(C)(C)C)OC. The van der Waals surface area contributed by atoms with Gasteiger partial charge in [0.05, 0.1) is 7.11 Å². The van der Waals surface area contributed by atoms with Crippen molar-refractivity contribution in [2.24, 2.45) is 9.78 Å². The summed E-state index contributed by atoms with van der Waals surface area (Å²) in [5.74, 6) is 0.811. The Bertz CT molecular complexity index is 244. The van der Waals surface area contributed by atoms with Gasteiger partial charge in [-0.05, 0) is 6.42 Å². The zero-order valence-corrected chi connectivity index (χ0v) is 12.0. The molecule has 0 rings (SSSR count). The number of hydrogen-bond acceptors (Lipinski definition) is 2. The van der Waals surface area contributed by atoms with E-state index < -0.39 is 16.4 Å². The van der Waals surface area contributed by atoms with E-state index in [0.717, 1.165) is 12.2 Å². The van der Waals surface area contributed by atoms with Crippen LogP contribution in [0.5, 0.6) is 0 Å². The third-order valence-electron chi connectivity index (χ3n) is 2.19. The van der Waals surface area contributed by atoms with Crippen molar-refractivity contribution in [2.45, 2.75) is 53.4 Å². The van der Waals surface area contributed by atoms with Crippen molar-refractivity contribution in [2.75, 3.05) is 12.9 Å². The highest BCUT2D eigenvalue weighted by Gasteiger charge is 2.21. The molecular formula is C12H25NO2S. The van der Waals surface area contributed by atoms with Crippen molar-refractivity contribution in [3.8, 4) is 0 Å². The van der Waals surface area contributed by atoms with E-state index in [1.54, 1.807) is 7.11 Å². The predicted molar refractivity (Wildman–Crippen MR) is 70.3 cm³/mol. The Hall–Kier alpha value is -0.220. The number of carbonyl (C=O) groups excluding carboxylic acids is 1. The molecule has 1 unspecified atom stereocenters. The fraction of sp³-hybridized carbons (Fsp3) is 0.917. The molecule has 0 saturated carbocycles. The van der Waals surface area contributed by atoms with Crippen molar-refractivity contribution in [3.63, 3.8) is 0 Å². The summed E-state index contributed by atoms with van der Waals surface area (Å²) < 4.78 is 9.37. The Morgan fingerprint density at radius 1 is 1.25 bits per heavy atom. The fourth-order valence-corrected chi connectivity index (χ4v) is 2.29. The molecule has 0 saturated heterocycles. The van der Waals surface area contributed by atoms with Crippen LogP contribution in [0.15, 0.2) is 4.36 Å². The van der Waals surface area contributed by atoms with Crippen LogP contribution in [0.1, 0.15) is 53.4 Å². The minimum atomic E-state index is -0.536. The topological polar surface area (TPSA) is 38.7 Å². The van der Waals surface area contributed by atoms with Gasteiger partial charge in [0.25, 0.3) is 5.91 Å². The van der Waals surface area contributed by atoms with Crippen molar-refractivity contribution in [1.82, 2.24) is 0 Å². The van der Waals surface area contributed by atoms with Gasteiger partial charge in [-0.1, -0.05) is 47.0 Å². The molecule has 4 heteroatoms. The van der Waals surface area contributed by atoms with Crippen molar-refractivity contribution < 1.29 is 8.98 Å². The van der Waals surface area contributed by atoms with Crippen LogP contribution in [-0.2, 0) is 19.9 Å². The van der Waals surface area contributed by atoms with Gasteiger partial charge in [-0.25, -0.2) is 0 Å². The summed E-state index contributed by atoms with van der Waals surface area (Å²) in [4.78, 5) is 11.7. The zero-order valence-electron chi connectivity index (χ0n) is 11.2. The number of amides is 1. The second kappa shape index (κ2) is 7.96. The van der Waals surface area contributed by atoms with Crippen LogP contribution < -0.4 is 0 Å². The Morgan fingerprint density at radius 3 is 2.31 bits per heavy atom. The Kier molecular flexibility index (Phi) is 7.85. The van der Waals surface area contributed by atoms with Gasteiger partial charge < -0.3 is 4.18 Å². The van der Waals surface area contributed by atoms with E-state index in [4.69, 9.17) is 4.18 Å². The molecule has 96 valence electrons. The molecule has 0 aliphatic carbocycles. The molecule has 16 heavy (non-hydrogen) atoms. The first kappa shape index (κ1) is 15.8. The summed E-state index contributed by atoms with van der Waals surface area (Å²) >= 11 is 0. The zero-order chi connectivity index (χ0) is 12.6. The molecule has 0 aromatic rings. The minimum Gasteiger partial charge on any atom is -0.309 e. The molecule has 0 radical (unpaired) electrons. The molecule has 1 amide bonds. The summed E-state index contributed by atoms with van der Waals surface area (Å²) in [5.41, 5.74) is -0.396. The third-order valence-corrected chi connectivity index (χ3v) is 3.58. The lowest BCUT2D eigenvalue weighted by atomic mass is 9.96. The first-order chi connectivity index (χ1) is 7.41. The van der Waals surface area contributed by atoms with Crippen LogP contribution >= 0.6 is 0 Å². The molecule has 0 aromatic carbocycles. The van der Waals surface area contributed by atoms with Crippen molar-refractivity contribution in [1.29, 1.82) is 0 Å². The molecule has 0 spiro atoms. The molecule has 0 aliphatic heterocycles. The second-order valence-corrected chi connectivity index (χ2v) is 6.47. The van der Waals surface area contributed by atoms with Gasteiger partial charge in [0.2, 0.25) is 0 Å². The van der Waals surface area contributed by atoms with E-state index in [-0.39, 0.29) is 5.91 Å². The average molecular weight is 247 g/mol. The van der Waals surface area contributed by atoms with Crippen LogP contribution in [0.3, 0.4) is 0 Å². The lowest BCUT2D eigenvalue weighted by Gasteiger charge is -2.13. The van der Waals surface area contributed by atoms with Crippen LogP contribution in [0, 0.1) is 5.41 Å². The standard InChI is InChI=1S/C12H25NO2S/c1-6-7-8-9-10-16(15-5)13-11(14)12(2,3)4/h6-10H2,1-5H3. The molecule has 0 heterocycles. The molecule has 0 N–H and O–H groups in total. The number of carbonyl (C=O) groups is 1. The molecule has 0 aromatic heterocycles. The van der Waals surface area contributed by atoms with E-state index in [1.165, 1.54) is 19.3 Å². The molecule has 0 bridgehead atoms. The number of hydrogen-bond donors (Lipinski definition) is 0. The first-order valence-electron chi connectivity index (χ1n) is 5.93. The van der Waals surface area contributed by atoms with Crippen molar-refractivity contribution in [3.05, 3.63) is 0 Å².